The van der Waals surface area contributed by atoms with Gasteiger partial charge in [0.05, 0.1) is 22.2 Å². The van der Waals surface area contributed by atoms with Crippen LogP contribution in [0.1, 0.15) is 25.3 Å². The van der Waals surface area contributed by atoms with Crippen molar-refractivity contribution in [2.75, 3.05) is 18.0 Å². The minimum atomic E-state index is -4.23. The van der Waals surface area contributed by atoms with Crippen molar-refractivity contribution in [3.63, 3.8) is 0 Å². The van der Waals surface area contributed by atoms with Gasteiger partial charge in [-0.3, -0.25) is 4.79 Å². The Morgan fingerprint density at radius 3 is 2.21 bits per heavy atom. The van der Waals surface area contributed by atoms with Crippen LogP contribution < -0.4 is 13.8 Å². The summed E-state index contributed by atoms with van der Waals surface area (Å²) in [4.78, 5) is 13.1. The molecule has 0 N–H and O–H groups in total. The Hall–Kier alpha value is -2.55. The van der Waals surface area contributed by atoms with Gasteiger partial charge in [0, 0.05) is 5.02 Å². The molecule has 174 valence electrons. The van der Waals surface area contributed by atoms with Crippen molar-refractivity contribution in [2.45, 2.75) is 24.7 Å². The van der Waals surface area contributed by atoms with Crippen molar-refractivity contribution in [1.82, 2.24) is 0 Å². The smallest absolute Gasteiger partial charge is 0.278 e. The zero-order valence-electron chi connectivity index (χ0n) is 18.3. The van der Waals surface area contributed by atoms with E-state index in [9.17, 15) is 13.2 Å². The van der Waals surface area contributed by atoms with E-state index < -0.39 is 22.5 Å². The molecule has 6 nitrogen and oxygen atoms in total. The molecule has 3 aromatic rings. The van der Waals surface area contributed by atoms with E-state index in [1.807, 2.05) is 12.1 Å². The maximum absolute atomic E-state index is 13.4. The number of carbonyl (C=O) groups excluding carboxylic acids is 1. The Morgan fingerprint density at radius 1 is 1.03 bits per heavy atom. The third-order valence-electron chi connectivity index (χ3n) is 4.86. The third kappa shape index (κ3) is 5.88. The molecule has 0 bridgehead atoms. The average Bonchev–Trinajstić information content (AvgIpc) is 2.79. The second kappa shape index (κ2) is 10.6. The van der Waals surface area contributed by atoms with Crippen molar-refractivity contribution in [3.05, 3.63) is 81.8 Å². The molecule has 0 radical (unpaired) electrons. The first-order valence-corrected chi connectivity index (χ1v) is 12.6. The highest BCUT2D eigenvalue weighted by Crippen LogP contribution is 2.30. The fourth-order valence-electron chi connectivity index (χ4n) is 3.04. The average molecular weight is 553 g/mol. The van der Waals surface area contributed by atoms with Crippen molar-refractivity contribution in [1.29, 1.82) is 0 Å². The Kier molecular flexibility index (Phi) is 8.05. The Bertz CT molecular complexity index is 1230. The summed E-state index contributed by atoms with van der Waals surface area (Å²) in [5.41, 5.74) is 1.26. The zero-order valence-corrected chi connectivity index (χ0v) is 21.4. The number of amides is 1. The number of hydrogen-bond acceptors (Lipinski definition) is 5. The van der Waals surface area contributed by atoms with Crippen LogP contribution in [0, 0.1) is 0 Å². The van der Waals surface area contributed by atoms with E-state index in [2.05, 4.69) is 29.8 Å². The molecule has 0 aliphatic rings. The maximum Gasteiger partial charge on any atom is 0.278 e. The summed E-state index contributed by atoms with van der Waals surface area (Å²) in [6, 6.07) is 17.3. The van der Waals surface area contributed by atoms with Gasteiger partial charge in [-0.2, -0.15) is 4.31 Å². The number of anilines is 1. The van der Waals surface area contributed by atoms with Crippen molar-refractivity contribution in [2.24, 2.45) is 0 Å². The molecule has 1 amide bonds. The van der Waals surface area contributed by atoms with E-state index in [0.717, 1.165) is 9.87 Å². The van der Waals surface area contributed by atoms with Crippen LogP contribution in [-0.2, 0) is 14.8 Å². The lowest BCUT2D eigenvalue weighted by Gasteiger charge is -2.23. The second-order valence-electron chi connectivity index (χ2n) is 7.45. The summed E-state index contributed by atoms with van der Waals surface area (Å²) in [5, 5.41) is 0.384. The van der Waals surface area contributed by atoms with Crippen LogP contribution in [0.25, 0.3) is 0 Å². The first kappa shape index (κ1) is 25.1. The van der Waals surface area contributed by atoms with E-state index in [1.165, 1.54) is 43.5 Å². The van der Waals surface area contributed by atoms with Crippen molar-refractivity contribution in [3.8, 4) is 11.5 Å². The van der Waals surface area contributed by atoms with Crippen LogP contribution in [0.15, 0.2) is 76.1 Å². The number of carbonyl (C=O) groups is 1. The molecule has 0 aliphatic carbocycles. The summed E-state index contributed by atoms with van der Waals surface area (Å²) >= 11 is 9.36. The molecule has 0 fully saturated rings. The molecule has 33 heavy (non-hydrogen) atoms. The van der Waals surface area contributed by atoms with Crippen LogP contribution in [0.2, 0.25) is 5.02 Å². The first-order chi connectivity index (χ1) is 15.6. The Morgan fingerprint density at radius 2 is 1.67 bits per heavy atom. The van der Waals surface area contributed by atoms with E-state index in [0.29, 0.717) is 26.9 Å². The Balaban J connectivity index is 1.93. The number of halogens is 2. The van der Waals surface area contributed by atoms with Crippen LogP contribution in [0.5, 0.6) is 11.5 Å². The molecule has 0 saturated carbocycles. The first-order valence-electron chi connectivity index (χ1n) is 10.0. The third-order valence-corrected chi connectivity index (χ3v) is 7.49. The van der Waals surface area contributed by atoms with Crippen molar-refractivity contribution >= 4 is 49.1 Å². The molecular formula is C24H23BrClNO5S. The number of sulfonamides is 1. The van der Waals surface area contributed by atoms with Gasteiger partial charge in [-0.25, -0.2) is 8.42 Å². The van der Waals surface area contributed by atoms with Gasteiger partial charge in [-0.15, -0.1) is 0 Å². The predicted molar refractivity (Wildman–Crippen MR) is 133 cm³/mol. The molecule has 3 rings (SSSR count). The Labute approximate surface area is 207 Å². The van der Waals surface area contributed by atoms with Crippen LogP contribution >= 0.6 is 27.5 Å². The monoisotopic (exact) mass is 551 g/mol. The van der Waals surface area contributed by atoms with Gasteiger partial charge in [0.1, 0.15) is 11.5 Å². The van der Waals surface area contributed by atoms with Gasteiger partial charge in [0.2, 0.25) is 0 Å². The summed E-state index contributed by atoms with van der Waals surface area (Å²) in [5.74, 6) is 0.536. The maximum atomic E-state index is 13.4. The molecule has 3 aromatic carbocycles. The van der Waals surface area contributed by atoms with Gasteiger partial charge in [0.25, 0.3) is 15.9 Å². The van der Waals surface area contributed by atoms with Gasteiger partial charge < -0.3 is 9.47 Å². The molecule has 9 heteroatoms. The highest BCUT2D eigenvalue weighted by Gasteiger charge is 2.31. The van der Waals surface area contributed by atoms with Crippen LogP contribution in [-0.4, -0.2) is 28.0 Å². The predicted octanol–water partition coefficient (Wildman–Crippen LogP) is 6.04. The van der Waals surface area contributed by atoms with E-state index >= 15 is 0 Å². The van der Waals surface area contributed by atoms with Crippen LogP contribution in [0.4, 0.5) is 5.69 Å². The minimum Gasteiger partial charge on any atom is -0.497 e. The molecular weight excluding hydrogens is 530 g/mol. The van der Waals surface area contributed by atoms with Crippen LogP contribution in [0.3, 0.4) is 0 Å². The summed E-state index contributed by atoms with van der Waals surface area (Å²) in [7, 11) is -2.73. The lowest BCUT2D eigenvalue weighted by molar-refractivity contribution is -0.119. The van der Waals surface area contributed by atoms with Gasteiger partial charge in [0.15, 0.2) is 6.61 Å². The summed E-state index contributed by atoms with van der Waals surface area (Å²) < 4.78 is 39.0. The van der Waals surface area contributed by atoms with E-state index in [1.54, 1.807) is 18.2 Å². The number of ether oxygens (including phenoxy) is 2. The number of benzene rings is 3. The van der Waals surface area contributed by atoms with Gasteiger partial charge in [-0.1, -0.05) is 31.5 Å². The minimum absolute atomic E-state index is 0.0708. The van der Waals surface area contributed by atoms with Gasteiger partial charge in [-0.05, 0) is 88.1 Å². The topological polar surface area (TPSA) is 72.9 Å². The fourth-order valence-corrected chi connectivity index (χ4v) is 5.09. The number of nitrogens with zero attached hydrogens (tertiary/aromatic N) is 1. The highest BCUT2D eigenvalue weighted by molar-refractivity contribution is 9.10. The molecule has 0 heterocycles. The summed E-state index contributed by atoms with van der Waals surface area (Å²) in [6.07, 6.45) is 0. The largest absolute Gasteiger partial charge is 0.497 e. The normalized spacial score (nSPS) is 11.3. The molecule has 0 aliphatic heterocycles. The summed E-state index contributed by atoms with van der Waals surface area (Å²) in [6.45, 7) is 3.65. The lowest BCUT2D eigenvalue weighted by Crippen LogP contribution is -2.40. The lowest BCUT2D eigenvalue weighted by atomic mass is 10.0. The molecule has 0 spiro atoms. The number of methoxy groups -OCH3 is 1. The van der Waals surface area contributed by atoms with Crippen molar-refractivity contribution < 1.29 is 22.7 Å². The van der Waals surface area contributed by atoms with E-state index in [4.69, 9.17) is 21.1 Å². The quantitative estimate of drug-likeness (QED) is 0.341. The molecule has 0 saturated heterocycles. The van der Waals surface area contributed by atoms with Gasteiger partial charge >= 0.3 is 0 Å². The fraction of sp³-hybridized carbons (Fsp3) is 0.208. The zero-order chi connectivity index (χ0) is 24.2. The second-order valence-corrected chi connectivity index (χ2v) is 10.5. The van der Waals surface area contributed by atoms with E-state index in [-0.39, 0.29) is 10.6 Å². The molecule has 0 atom stereocenters. The highest BCUT2D eigenvalue weighted by atomic mass is 79.9. The molecule has 0 aromatic heterocycles. The molecule has 0 unspecified atom stereocenters. The standard InChI is InChI=1S/C24H23BrClNO5S/c1-16(2)17-4-13-23(22(25)14-17)32-15-24(28)27(19-7-9-20(31-3)10-8-19)33(29,30)21-11-5-18(26)6-12-21/h4-14,16H,15H2,1-3H3. The number of rotatable bonds is 8. The SMILES string of the molecule is COc1ccc(N(C(=O)COc2ccc(C(C)C)cc2Br)S(=O)(=O)c2ccc(Cl)cc2)cc1. The number of hydrogen-bond donors (Lipinski definition) is 0.